The van der Waals surface area contributed by atoms with Crippen molar-refractivity contribution in [3.05, 3.63) is 45.4 Å². The third-order valence-corrected chi connectivity index (χ3v) is 3.24. The molecular weight excluding hydrogens is 289 g/mol. The molecule has 2 rings (SSSR count). The SMILES string of the molecule is Cc1[nH]cnc1CNc1cc(Cl)ccc1Br. The van der Waals surface area contributed by atoms with Crippen molar-refractivity contribution < 1.29 is 0 Å². The molecule has 0 unspecified atom stereocenters. The molecule has 0 atom stereocenters. The number of anilines is 1. The highest BCUT2D eigenvalue weighted by atomic mass is 79.9. The number of nitrogens with zero attached hydrogens (tertiary/aromatic N) is 1. The number of aromatic amines is 1. The second kappa shape index (κ2) is 4.89. The van der Waals surface area contributed by atoms with Crippen molar-refractivity contribution in [2.45, 2.75) is 13.5 Å². The van der Waals surface area contributed by atoms with Crippen molar-refractivity contribution in [2.24, 2.45) is 0 Å². The Hall–Kier alpha value is -1.000. The van der Waals surface area contributed by atoms with E-state index < -0.39 is 0 Å². The summed E-state index contributed by atoms with van der Waals surface area (Å²) in [5.41, 5.74) is 3.05. The molecule has 1 aromatic carbocycles. The van der Waals surface area contributed by atoms with Crippen LogP contribution in [0.15, 0.2) is 29.0 Å². The van der Waals surface area contributed by atoms with Gasteiger partial charge in [-0.2, -0.15) is 0 Å². The number of aryl methyl sites for hydroxylation is 1. The molecule has 0 saturated carbocycles. The number of halogens is 2. The smallest absolute Gasteiger partial charge is 0.0925 e. The number of imidazole rings is 1. The highest BCUT2D eigenvalue weighted by Gasteiger charge is 2.03. The molecule has 2 N–H and O–H groups in total. The van der Waals surface area contributed by atoms with E-state index in [2.05, 4.69) is 31.2 Å². The van der Waals surface area contributed by atoms with E-state index in [0.29, 0.717) is 11.6 Å². The molecule has 0 aliphatic rings. The summed E-state index contributed by atoms with van der Waals surface area (Å²) in [5, 5.41) is 4.00. The molecule has 2 aromatic rings. The predicted molar refractivity (Wildman–Crippen MR) is 69.8 cm³/mol. The molecule has 0 radical (unpaired) electrons. The van der Waals surface area contributed by atoms with Crippen LogP contribution in [0.5, 0.6) is 0 Å². The molecule has 5 heteroatoms. The van der Waals surface area contributed by atoms with Gasteiger partial charge in [-0.05, 0) is 41.1 Å². The van der Waals surface area contributed by atoms with E-state index in [0.717, 1.165) is 21.5 Å². The Morgan fingerprint density at radius 1 is 1.50 bits per heavy atom. The van der Waals surface area contributed by atoms with Crippen LogP contribution < -0.4 is 5.32 Å². The van der Waals surface area contributed by atoms with Crippen LogP contribution in [-0.2, 0) is 6.54 Å². The minimum absolute atomic E-state index is 0.675. The number of H-pyrrole nitrogens is 1. The van der Waals surface area contributed by atoms with Gasteiger partial charge in [0, 0.05) is 15.2 Å². The lowest BCUT2D eigenvalue weighted by atomic mass is 10.3. The van der Waals surface area contributed by atoms with Crippen LogP contribution in [0.3, 0.4) is 0 Å². The maximum absolute atomic E-state index is 5.93. The Labute approximate surface area is 107 Å². The molecule has 0 aliphatic carbocycles. The zero-order valence-corrected chi connectivity index (χ0v) is 11.1. The summed E-state index contributed by atoms with van der Waals surface area (Å²) in [6, 6.07) is 5.65. The monoisotopic (exact) mass is 299 g/mol. The summed E-state index contributed by atoms with van der Waals surface area (Å²) in [4.78, 5) is 7.26. The molecule has 0 aliphatic heterocycles. The first-order chi connectivity index (χ1) is 7.66. The van der Waals surface area contributed by atoms with E-state index in [1.54, 1.807) is 6.33 Å². The van der Waals surface area contributed by atoms with E-state index in [9.17, 15) is 0 Å². The molecule has 16 heavy (non-hydrogen) atoms. The van der Waals surface area contributed by atoms with Gasteiger partial charge in [0.25, 0.3) is 0 Å². The highest BCUT2D eigenvalue weighted by Crippen LogP contribution is 2.26. The van der Waals surface area contributed by atoms with Crippen LogP contribution in [-0.4, -0.2) is 9.97 Å². The Balaban J connectivity index is 2.10. The maximum atomic E-state index is 5.93. The van der Waals surface area contributed by atoms with E-state index >= 15 is 0 Å². The maximum Gasteiger partial charge on any atom is 0.0925 e. The Morgan fingerprint density at radius 2 is 2.31 bits per heavy atom. The lowest BCUT2D eigenvalue weighted by Gasteiger charge is -2.08. The summed E-state index contributed by atoms with van der Waals surface area (Å²) in [6.07, 6.45) is 1.69. The van der Waals surface area contributed by atoms with Gasteiger partial charge in [0.1, 0.15) is 0 Å². The Morgan fingerprint density at radius 3 is 3.00 bits per heavy atom. The Kier molecular flexibility index (Phi) is 3.51. The second-order valence-corrected chi connectivity index (χ2v) is 4.74. The first-order valence-corrected chi connectivity index (χ1v) is 6.01. The zero-order chi connectivity index (χ0) is 11.5. The van der Waals surface area contributed by atoms with Gasteiger partial charge in [-0.3, -0.25) is 0 Å². The lowest BCUT2D eigenvalue weighted by Crippen LogP contribution is -2.01. The number of aromatic nitrogens is 2. The van der Waals surface area contributed by atoms with Crippen LogP contribution in [0.25, 0.3) is 0 Å². The predicted octanol–water partition coefficient (Wildman–Crippen LogP) is 3.75. The van der Waals surface area contributed by atoms with Crippen LogP contribution in [0.2, 0.25) is 5.02 Å². The van der Waals surface area contributed by atoms with E-state index in [1.165, 1.54) is 0 Å². The van der Waals surface area contributed by atoms with Gasteiger partial charge in [-0.15, -0.1) is 0 Å². The Bertz CT molecular complexity index is 496. The van der Waals surface area contributed by atoms with Gasteiger partial charge in [0.2, 0.25) is 0 Å². The molecule has 1 heterocycles. The van der Waals surface area contributed by atoms with Crippen LogP contribution >= 0.6 is 27.5 Å². The molecule has 0 bridgehead atoms. The van der Waals surface area contributed by atoms with Crippen LogP contribution in [0, 0.1) is 6.92 Å². The first-order valence-electron chi connectivity index (χ1n) is 4.84. The van der Waals surface area contributed by atoms with Crippen molar-refractivity contribution >= 4 is 33.2 Å². The normalized spacial score (nSPS) is 10.4. The van der Waals surface area contributed by atoms with E-state index in [4.69, 9.17) is 11.6 Å². The molecule has 0 amide bonds. The quantitative estimate of drug-likeness (QED) is 0.906. The van der Waals surface area contributed by atoms with Gasteiger partial charge >= 0.3 is 0 Å². The summed E-state index contributed by atoms with van der Waals surface area (Å²) in [5.74, 6) is 0. The zero-order valence-electron chi connectivity index (χ0n) is 8.72. The fourth-order valence-electron chi connectivity index (χ4n) is 1.38. The van der Waals surface area contributed by atoms with Gasteiger partial charge in [0.05, 0.1) is 24.3 Å². The highest BCUT2D eigenvalue weighted by molar-refractivity contribution is 9.10. The van der Waals surface area contributed by atoms with Crippen molar-refractivity contribution in [3.8, 4) is 0 Å². The lowest BCUT2D eigenvalue weighted by molar-refractivity contribution is 1.05. The average molecular weight is 301 g/mol. The van der Waals surface area contributed by atoms with E-state index in [1.807, 2.05) is 25.1 Å². The van der Waals surface area contributed by atoms with Crippen molar-refractivity contribution in [3.63, 3.8) is 0 Å². The summed E-state index contributed by atoms with van der Waals surface area (Å²) >= 11 is 9.39. The van der Waals surface area contributed by atoms with Crippen molar-refractivity contribution in [1.29, 1.82) is 0 Å². The van der Waals surface area contributed by atoms with Crippen LogP contribution in [0.4, 0.5) is 5.69 Å². The minimum atomic E-state index is 0.675. The first kappa shape index (κ1) is 11.5. The number of nitrogens with one attached hydrogen (secondary N) is 2. The fourth-order valence-corrected chi connectivity index (χ4v) is 1.94. The van der Waals surface area contributed by atoms with Crippen molar-refractivity contribution in [2.75, 3.05) is 5.32 Å². The largest absolute Gasteiger partial charge is 0.378 e. The molecule has 0 fully saturated rings. The summed E-state index contributed by atoms with van der Waals surface area (Å²) in [6.45, 7) is 2.67. The van der Waals surface area contributed by atoms with Crippen molar-refractivity contribution in [1.82, 2.24) is 9.97 Å². The van der Waals surface area contributed by atoms with Gasteiger partial charge < -0.3 is 10.3 Å². The molecule has 1 aromatic heterocycles. The minimum Gasteiger partial charge on any atom is -0.378 e. The topological polar surface area (TPSA) is 40.7 Å². The number of hydrogen-bond donors (Lipinski definition) is 2. The van der Waals surface area contributed by atoms with Gasteiger partial charge in [-0.1, -0.05) is 11.6 Å². The number of benzene rings is 1. The third kappa shape index (κ3) is 2.57. The molecule has 0 spiro atoms. The molecule has 84 valence electrons. The van der Waals surface area contributed by atoms with Gasteiger partial charge in [-0.25, -0.2) is 4.98 Å². The third-order valence-electron chi connectivity index (χ3n) is 2.31. The number of hydrogen-bond acceptors (Lipinski definition) is 2. The van der Waals surface area contributed by atoms with E-state index in [-0.39, 0.29) is 0 Å². The molecule has 3 nitrogen and oxygen atoms in total. The molecular formula is C11H11BrClN3. The fraction of sp³-hybridized carbons (Fsp3) is 0.182. The average Bonchev–Trinajstić information content (AvgIpc) is 2.66. The molecule has 0 saturated heterocycles. The second-order valence-electron chi connectivity index (χ2n) is 3.45. The number of rotatable bonds is 3. The standard InChI is InChI=1S/C11H11BrClN3/c1-7-11(16-6-15-7)5-14-10-4-8(13)2-3-9(10)12/h2-4,6,14H,5H2,1H3,(H,15,16). The van der Waals surface area contributed by atoms with Crippen LogP contribution in [0.1, 0.15) is 11.4 Å². The summed E-state index contributed by atoms with van der Waals surface area (Å²) < 4.78 is 0.991. The van der Waals surface area contributed by atoms with Gasteiger partial charge in [0.15, 0.2) is 0 Å². The summed E-state index contributed by atoms with van der Waals surface area (Å²) in [7, 11) is 0.